The van der Waals surface area contributed by atoms with Gasteiger partial charge in [0.25, 0.3) is 0 Å². The fourth-order valence-electron chi connectivity index (χ4n) is 4.93. The average molecular weight is 517 g/mol. The highest BCUT2D eigenvalue weighted by Gasteiger charge is 2.32. The maximum absolute atomic E-state index is 12.9. The van der Waals surface area contributed by atoms with Crippen molar-refractivity contribution < 1.29 is 4.79 Å². The quantitative estimate of drug-likeness (QED) is 0.240. The minimum absolute atomic E-state index is 0.220. The summed E-state index contributed by atoms with van der Waals surface area (Å²) < 4.78 is 1.12. The molecule has 1 aliphatic heterocycles. The van der Waals surface area contributed by atoms with E-state index >= 15 is 0 Å². The molecule has 0 unspecified atom stereocenters. The van der Waals surface area contributed by atoms with Crippen molar-refractivity contribution in [1.29, 1.82) is 0 Å². The van der Waals surface area contributed by atoms with E-state index in [0.29, 0.717) is 0 Å². The lowest BCUT2D eigenvalue weighted by atomic mass is 9.93. The first kappa shape index (κ1) is 23.9. The van der Waals surface area contributed by atoms with Crippen molar-refractivity contribution in [2.24, 2.45) is 0 Å². The van der Waals surface area contributed by atoms with Gasteiger partial charge in [-0.1, -0.05) is 84.9 Å². The monoisotopic (exact) mass is 516 g/mol. The van der Waals surface area contributed by atoms with E-state index < -0.39 is 0 Å². The Balaban J connectivity index is 1.41. The van der Waals surface area contributed by atoms with Crippen molar-refractivity contribution in [3.63, 3.8) is 0 Å². The molecule has 0 fully saturated rings. The summed E-state index contributed by atoms with van der Waals surface area (Å²) in [5.41, 5.74) is 7.12. The Morgan fingerprint density at radius 3 is 2.24 bits per heavy atom. The number of hydrogen-bond acceptors (Lipinski definition) is 4. The van der Waals surface area contributed by atoms with E-state index in [9.17, 15) is 4.79 Å². The van der Waals surface area contributed by atoms with E-state index in [1.165, 1.54) is 5.56 Å². The van der Waals surface area contributed by atoms with Crippen molar-refractivity contribution in [1.82, 2.24) is 15.6 Å². The average Bonchev–Trinajstić information content (AvgIpc) is 3.40. The molecule has 5 aromatic rings. The van der Waals surface area contributed by atoms with Crippen molar-refractivity contribution in [2.75, 3.05) is 11.4 Å². The molecule has 6 heteroatoms. The first-order valence-corrected chi connectivity index (χ1v) is 13.6. The Labute approximate surface area is 226 Å². The van der Waals surface area contributed by atoms with Gasteiger partial charge in [-0.05, 0) is 47.9 Å². The van der Waals surface area contributed by atoms with Gasteiger partial charge in [0.1, 0.15) is 5.01 Å². The van der Waals surface area contributed by atoms with E-state index in [4.69, 9.17) is 4.98 Å². The second-order valence-corrected chi connectivity index (χ2v) is 10.3. The molecule has 0 radical (unpaired) electrons. The summed E-state index contributed by atoms with van der Waals surface area (Å²) >= 11 is 1.65. The molecule has 2 heterocycles. The number of rotatable bonds is 7. The number of carbonyl (C=O) groups is 1. The molecule has 0 aliphatic carbocycles. The van der Waals surface area contributed by atoms with Crippen LogP contribution in [-0.4, -0.2) is 17.6 Å². The molecule has 2 amide bonds. The number of para-hydroxylation sites is 1. The highest BCUT2D eigenvalue weighted by Crippen LogP contribution is 2.41. The van der Waals surface area contributed by atoms with Crippen molar-refractivity contribution in [3.05, 3.63) is 131 Å². The highest BCUT2D eigenvalue weighted by atomic mass is 32.1. The Bertz CT molecular complexity index is 1560. The highest BCUT2D eigenvalue weighted by molar-refractivity contribution is 7.19. The molecular weight excluding hydrogens is 488 g/mol. The predicted octanol–water partition coefficient (Wildman–Crippen LogP) is 7.25. The standard InChI is InChI=1S/C32H28N4OS/c1-2-36(21-22-11-5-3-6-12-22)25-19-17-24(18-20-25)30-28(31-33-26-15-9-10-16-27(26)38-31)29(34-32(37)35-30)23-13-7-4-8-14-23/h3-20,30H,2,21H2,1H3,(H2,34,35,37)/t30-/m1/s1. The van der Waals surface area contributed by atoms with Crippen LogP contribution < -0.4 is 15.5 Å². The number of aromatic nitrogens is 1. The maximum atomic E-state index is 12.9. The molecule has 5 nitrogen and oxygen atoms in total. The number of nitrogens with one attached hydrogen (secondary N) is 2. The van der Waals surface area contributed by atoms with Crippen LogP contribution in [-0.2, 0) is 6.54 Å². The van der Waals surface area contributed by atoms with Crippen LogP contribution in [0, 0.1) is 0 Å². The second kappa shape index (κ2) is 10.5. The summed E-state index contributed by atoms with van der Waals surface area (Å²) in [4.78, 5) is 20.2. The van der Waals surface area contributed by atoms with Crippen LogP contribution >= 0.6 is 11.3 Å². The molecule has 4 aromatic carbocycles. The fraction of sp³-hybridized carbons (Fsp3) is 0.125. The second-order valence-electron chi connectivity index (χ2n) is 9.26. The van der Waals surface area contributed by atoms with Gasteiger partial charge in [0.05, 0.1) is 22.0 Å². The van der Waals surface area contributed by atoms with Crippen molar-refractivity contribution in [3.8, 4) is 0 Å². The third kappa shape index (κ3) is 4.78. The molecule has 1 atom stereocenters. The number of fused-ring (bicyclic) bond motifs is 1. The number of nitrogens with zero attached hydrogens (tertiary/aromatic N) is 2. The van der Waals surface area contributed by atoms with E-state index in [-0.39, 0.29) is 12.1 Å². The Kier molecular flexibility index (Phi) is 6.63. The minimum atomic E-state index is -0.335. The van der Waals surface area contributed by atoms with Crippen LogP contribution in [0.15, 0.2) is 109 Å². The summed E-state index contributed by atoms with van der Waals surface area (Å²) in [7, 11) is 0. The molecule has 0 saturated carbocycles. The van der Waals surface area contributed by atoms with Crippen LogP contribution in [0.3, 0.4) is 0 Å². The van der Waals surface area contributed by atoms with Crippen LogP contribution in [0.1, 0.15) is 34.7 Å². The molecule has 2 N–H and O–H groups in total. The molecule has 0 bridgehead atoms. The predicted molar refractivity (Wildman–Crippen MR) is 157 cm³/mol. The third-order valence-corrected chi connectivity index (χ3v) is 7.92. The molecule has 38 heavy (non-hydrogen) atoms. The number of hydrogen-bond donors (Lipinski definition) is 2. The lowest BCUT2D eigenvalue weighted by Crippen LogP contribution is -2.43. The number of benzene rings is 4. The van der Waals surface area contributed by atoms with Gasteiger partial charge in [0, 0.05) is 24.4 Å². The lowest BCUT2D eigenvalue weighted by Gasteiger charge is -2.30. The number of carbonyl (C=O) groups excluding carboxylic acids is 1. The maximum Gasteiger partial charge on any atom is 0.320 e. The Morgan fingerprint density at radius 2 is 1.53 bits per heavy atom. The van der Waals surface area contributed by atoms with Gasteiger partial charge in [-0.3, -0.25) is 0 Å². The van der Waals surface area contributed by atoms with Gasteiger partial charge >= 0.3 is 6.03 Å². The van der Waals surface area contributed by atoms with E-state index in [2.05, 4.69) is 77.1 Å². The summed E-state index contributed by atoms with van der Waals surface area (Å²) in [5, 5.41) is 7.15. The molecule has 0 saturated heterocycles. The number of urea groups is 1. The van der Waals surface area contributed by atoms with Gasteiger partial charge in [-0.2, -0.15) is 0 Å². The molecule has 188 valence electrons. The van der Waals surface area contributed by atoms with Gasteiger partial charge in [0.15, 0.2) is 0 Å². The molecule has 1 aliphatic rings. The molecule has 1 aromatic heterocycles. The first-order valence-electron chi connectivity index (χ1n) is 12.8. The van der Waals surface area contributed by atoms with Gasteiger partial charge in [-0.15, -0.1) is 11.3 Å². The number of thiazole rings is 1. The Hall–Kier alpha value is -4.42. The van der Waals surface area contributed by atoms with Crippen molar-refractivity contribution >= 4 is 44.5 Å². The topological polar surface area (TPSA) is 57.3 Å². The first-order chi connectivity index (χ1) is 18.7. The van der Waals surface area contributed by atoms with E-state index in [1.807, 2.05) is 54.6 Å². The molecule has 6 rings (SSSR count). The summed E-state index contributed by atoms with van der Waals surface area (Å²) in [6.07, 6.45) is 0. The van der Waals surface area contributed by atoms with Crippen LogP contribution in [0.2, 0.25) is 0 Å². The van der Waals surface area contributed by atoms with E-state index in [0.717, 1.165) is 56.4 Å². The minimum Gasteiger partial charge on any atom is -0.367 e. The van der Waals surface area contributed by atoms with Gasteiger partial charge in [-0.25, -0.2) is 9.78 Å². The van der Waals surface area contributed by atoms with Crippen LogP contribution in [0.5, 0.6) is 0 Å². The lowest BCUT2D eigenvalue weighted by molar-refractivity contribution is 0.242. The third-order valence-electron chi connectivity index (χ3n) is 6.85. The smallest absolute Gasteiger partial charge is 0.320 e. The SMILES string of the molecule is CCN(Cc1ccccc1)c1ccc([C@H]2NC(=O)NC(c3ccccc3)=C2c2nc3ccccc3s2)cc1. The van der Waals surface area contributed by atoms with E-state index in [1.54, 1.807) is 11.3 Å². The summed E-state index contributed by atoms with van der Waals surface area (Å²) in [5.74, 6) is 0. The number of anilines is 1. The zero-order valence-corrected chi connectivity index (χ0v) is 21.9. The molecular formula is C32H28N4OS. The fourth-order valence-corrected chi connectivity index (χ4v) is 5.98. The normalized spacial score (nSPS) is 15.3. The van der Waals surface area contributed by atoms with Gasteiger partial charge < -0.3 is 15.5 Å². The van der Waals surface area contributed by atoms with Crippen LogP contribution in [0.4, 0.5) is 10.5 Å². The Morgan fingerprint density at radius 1 is 0.842 bits per heavy atom. The summed E-state index contributed by atoms with van der Waals surface area (Å²) in [6.45, 7) is 3.91. The number of amides is 2. The summed E-state index contributed by atoms with van der Waals surface area (Å²) in [6, 6.07) is 36.6. The van der Waals surface area contributed by atoms with Crippen LogP contribution in [0.25, 0.3) is 21.5 Å². The zero-order valence-electron chi connectivity index (χ0n) is 21.1. The zero-order chi connectivity index (χ0) is 25.9. The van der Waals surface area contributed by atoms with Crippen molar-refractivity contribution in [2.45, 2.75) is 19.5 Å². The van der Waals surface area contributed by atoms with Gasteiger partial charge in [0.2, 0.25) is 0 Å². The largest absolute Gasteiger partial charge is 0.367 e. The molecule has 0 spiro atoms.